The minimum absolute atomic E-state index is 0.0531. The molecule has 1 heterocycles. The molecule has 1 unspecified atom stereocenters. The first-order valence-corrected chi connectivity index (χ1v) is 6.95. The van der Waals surface area contributed by atoms with Crippen LogP contribution in [-0.2, 0) is 14.6 Å². The van der Waals surface area contributed by atoms with Crippen molar-refractivity contribution in [3.63, 3.8) is 0 Å². The van der Waals surface area contributed by atoms with E-state index in [0.717, 1.165) is 0 Å². The van der Waals surface area contributed by atoms with Crippen LogP contribution in [0.4, 0.5) is 0 Å². The Balaban J connectivity index is 2.49. The van der Waals surface area contributed by atoms with Gasteiger partial charge in [-0.05, 0) is 6.42 Å². The second kappa shape index (κ2) is 5.79. The van der Waals surface area contributed by atoms with Crippen LogP contribution in [0.25, 0.3) is 0 Å². The van der Waals surface area contributed by atoms with Crippen LogP contribution in [0.2, 0.25) is 0 Å². The standard InChI is InChI=1S/C9H19NO4S/c1-14-6-4-10(3-5-11)9-2-7-15(12,13)8-9/h9,11H,2-8H2,1H3. The van der Waals surface area contributed by atoms with Crippen LogP contribution in [0.3, 0.4) is 0 Å². The minimum atomic E-state index is -2.85. The quantitative estimate of drug-likeness (QED) is 0.649. The average Bonchev–Trinajstić information content (AvgIpc) is 2.53. The number of aliphatic hydroxyl groups excluding tert-OH is 1. The van der Waals surface area contributed by atoms with Crippen molar-refractivity contribution in [2.45, 2.75) is 12.5 Å². The molecule has 1 aliphatic rings. The summed E-state index contributed by atoms with van der Waals surface area (Å²) in [5.41, 5.74) is 0. The fourth-order valence-electron chi connectivity index (χ4n) is 1.88. The molecule has 0 spiro atoms. The number of methoxy groups -OCH3 is 1. The third kappa shape index (κ3) is 4.06. The molecular formula is C9H19NO4S. The summed E-state index contributed by atoms with van der Waals surface area (Å²) in [6.45, 7) is 1.82. The van der Waals surface area contributed by atoms with E-state index in [0.29, 0.717) is 26.1 Å². The lowest BCUT2D eigenvalue weighted by Gasteiger charge is -2.26. The Morgan fingerprint density at radius 3 is 2.67 bits per heavy atom. The summed E-state index contributed by atoms with van der Waals surface area (Å²) in [7, 11) is -1.23. The maximum Gasteiger partial charge on any atom is 0.151 e. The van der Waals surface area contributed by atoms with Gasteiger partial charge in [0.2, 0.25) is 0 Å². The van der Waals surface area contributed by atoms with E-state index in [9.17, 15) is 8.42 Å². The van der Waals surface area contributed by atoms with Crippen molar-refractivity contribution in [2.24, 2.45) is 0 Å². The van der Waals surface area contributed by atoms with Crippen molar-refractivity contribution >= 4 is 9.84 Å². The molecule has 0 bridgehead atoms. The zero-order valence-electron chi connectivity index (χ0n) is 9.05. The van der Waals surface area contributed by atoms with Gasteiger partial charge in [0.05, 0.1) is 24.7 Å². The van der Waals surface area contributed by atoms with E-state index >= 15 is 0 Å². The van der Waals surface area contributed by atoms with Crippen molar-refractivity contribution in [1.29, 1.82) is 0 Å². The van der Waals surface area contributed by atoms with Crippen molar-refractivity contribution in [3.05, 3.63) is 0 Å². The normalized spacial score (nSPS) is 24.9. The second-order valence-electron chi connectivity index (χ2n) is 3.81. The van der Waals surface area contributed by atoms with Crippen LogP contribution in [0, 0.1) is 0 Å². The first-order chi connectivity index (χ1) is 7.09. The van der Waals surface area contributed by atoms with Gasteiger partial charge in [0, 0.05) is 26.2 Å². The van der Waals surface area contributed by atoms with Gasteiger partial charge in [0.1, 0.15) is 0 Å². The Hall–Kier alpha value is -0.170. The van der Waals surface area contributed by atoms with Crippen LogP contribution in [0.1, 0.15) is 6.42 Å². The van der Waals surface area contributed by atoms with E-state index < -0.39 is 9.84 Å². The molecule has 1 saturated heterocycles. The maximum atomic E-state index is 11.3. The summed E-state index contributed by atoms with van der Waals surface area (Å²) in [5, 5.41) is 8.89. The predicted molar refractivity (Wildman–Crippen MR) is 57.6 cm³/mol. The van der Waals surface area contributed by atoms with Gasteiger partial charge >= 0.3 is 0 Å². The number of ether oxygens (including phenoxy) is 1. The molecule has 90 valence electrons. The van der Waals surface area contributed by atoms with E-state index in [4.69, 9.17) is 9.84 Å². The summed E-state index contributed by atoms with van der Waals surface area (Å²) < 4.78 is 27.6. The van der Waals surface area contributed by atoms with Gasteiger partial charge < -0.3 is 9.84 Å². The van der Waals surface area contributed by atoms with Gasteiger partial charge in [0.15, 0.2) is 9.84 Å². The van der Waals surface area contributed by atoms with Crippen molar-refractivity contribution in [1.82, 2.24) is 4.90 Å². The molecule has 1 aliphatic heterocycles. The van der Waals surface area contributed by atoms with Crippen molar-refractivity contribution in [3.8, 4) is 0 Å². The average molecular weight is 237 g/mol. The van der Waals surface area contributed by atoms with Gasteiger partial charge in [-0.15, -0.1) is 0 Å². The SMILES string of the molecule is COCCN(CCO)C1CCS(=O)(=O)C1. The Morgan fingerprint density at radius 2 is 2.20 bits per heavy atom. The zero-order chi connectivity index (χ0) is 11.3. The summed E-state index contributed by atoms with van der Waals surface area (Å²) in [6.07, 6.45) is 0.673. The predicted octanol–water partition coefficient (Wildman–Crippen LogP) is -0.886. The van der Waals surface area contributed by atoms with E-state index in [1.807, 2.05) is 4.90 Å². The molecule has 1 atom stereocenters. The highest BCUT2D eigenvalue weighted by Crippen LogP contribution is 2.17. The molecule has 0 aliphatic carbocycles. The molecular weight excluding hydrogens is 218 g/mol. The monoisotopic (exact) mass is 237 g/mol. The zero-order valence-corrected chi connectivity index (χ0v) is 9.87. The smallest absolute Gasteiger partial charge is 0.151 e. The van der Waals surface area contributed by atoms with Gasteiger partial charge in [-0.2, -0.15) is 0 Å². The summed E-state index contributed by atoms with van der Waals surface area (Å²) in [6, 6.07) is 0.0531. The first kappa shape index (κ1) is 12.9. The Labute approximate surface area is 90.9 Å². The minimum Gasteiger partial charge on any atom is -0.395 e. The number of hydrogen-bond donors (Lipinski definition) is 1. The lowest BCUT2D eigenvalue weighted by atomic mass is 10.2. The van der Waals surface area contributed by atoms with Crippen LogP contribution in [0.15, 0.2) is 0 Å². The van der Waals surface area contributed by atoms with Crippen molar-refractivity contribution < 1.29 is 18.3 Å². The molecule has 0 aromatic carbocycles. The molecule has 5 nitrogen and oxygen atoms in total. The molecule has 0 amide bonds. The number of hydrogen-bond acceptors (Lipinski definition) is 5. The van der Waals surface area contributed by atoms with Gasteiger partial charge in [0.25, 0.3) is 0 Å². The lowest BCUT2D eigenvalue weighted by molar-refractivity contribution is 0.108. The van der Waals surface area contributed by atoms with Crippen molar-refractivity contribution in [2.75, 3.05) is 44.9 Å². The molecule has 0 saturated carbocycles. The number of rotatable bonds is 6. The topological polar surface area (TPSA) is 66.8 Å². The fraction of sp³-hybridized carbons (Fsp3) is 1.00. The molecule has 1 rings (SSSR count). The Kier molecular flexibility index (Phi) is 4.98. The maximum absolute atomic E-state index is 11.3. The van der Waals surface area contributed by atoms with Crippen LogP contribution in [0.5, 0.6) is 0 Å². The molecule has 1 N–H and O–H groups in total. The second-order valence-corrected chi connectivity index (χ2v) is 6.04. The number of sulfone groups is 1. The van der Waals surface area contributed by atoms with E-state index in [2.05, 4.69) is 0 Å². The number of aliphatic hydroxyl groups is 1. The fourth-order valence-corrected chi connectivity index (χ4v) is 3.64. The Bertz CT molecular complexity index is 278. The third-order valence-electron chi connectivity index (χ3n) is 2.69. The molecule has 6 heteroatoms. The number of nitrogens with zero attached hydrogens (tertiary/aromatic N) is 1. The molecule has 0 aromatic heterocycles. The largest absolute Gasteiger partial charge is 0.395 e. The van der Waals surface area contributed by atoms with E-state index in [1.54, 1.807) is 7.11 Å². The van der Waals surface area contributed by atoms with E-state index in [1.165, 1.54) is 0 Å². The lowest BCUT2D eigenvalue weighted by Crippen LogP contribution is -2.40. The summed E-state index contributed by atoms with van der Waals surface area (Å²) in [5.74, 6) is 0.489. The highest BCUT2D eigenvalue weighted by molar-refractivity contribution is 7.91. The molecule has 1 fully saturated rings. The molecule has 0 aromatic rings. The summed E-state index contributed by atoms with van der Waals surface area (Å²) in [4.78, 5) is 1.99. The van der Waals surface area contributed by atoms with Crippen LogP contribution in [-0.4, -0.2) is 69.4 Å². The van der Waals surface area contributed by atoms with E-state index in [-0.39, 0.29) is 24.2 Å². The first-order valence-electron chi connectivity index (χ1n) is 5.13. The highest BCUT2D eigenvalue weighted by atomic mass is 32.2. The third-order valence-corrected chi connectivity index (χ3v) is 4.44. The van der Waals surface area contributed by atoms with Gasteiger partial charge in [-0.25, -0.2) is 8.42 Å². The van der Waals surface area contributed by atoms with Crippen LogP contribution >= 0.6 is 0 Å². The highest BCUT2D eigenvalue weighted by Gasteiger charge is 2.31. The molecule has 15 heavy (non-hydrogen) atoms. The van der Waals surface area contributed by atoms with Crippen LogP contribution < -0.4 is 0 Å². The molecule has 0 radical (unpaired) electrons. The van der Waals surface area contributed by atoms with Gasteiger partial charge in [-0.3, -0.25) is 4.90 Å². The Morgan fingerprint density at radius 1 is 1.47 bits per heavy atom. The summed E-state index contributed by atoms with van der Waals surface area (Å²) >= 11 is 0. The van der Waals surface area contributed by atoms with Gasteiger partial charge in [-0.1, -0.05) is 0 Å².